The molecule has 0 bridgehead atoms. The number of carbonyl (C=O) groups is 2. The molecule has 1 N–H and O–H groups in total. The Morgan fingerprint density at radius 3 is 2.55 bits per heavy atom. The lowest BCUT2D eigenvalue weighted by Gasteiger charge is -2.17. The molecule has 1 aliphatic rings. The highest BCUT2D eigenvalue weighted by Gasteiger charge is 2.33. The largest absolute Gasteiger partial charge is 0.339 e. The second-order valence-electron chi connectivity index (χ2n) is 5.55. The summed E-state index contributed by atoms with van der Waals surface area (Å²) >= 11 is 1.44. The van der Waals surface area contributed by atoms with Gasteiger partial charge in [-0.2, -0.15) is 0 Å². The van der Waals surface area contributed by atoms with Crippen LogP contribution in [0.3, 0.4) is 0 Å². The predicted molar refractivity (Wildman–Crippen MR) is 88.5 cm³/mol. The summed E-state index contributed by atoms with van der Waals surface area (Å²) < 4.78 is 0. The predicted octanol–water partition coefficient (Wildman–Crippen LogP) is 2.90. The molecule has 1 unspecified atom stereocenters. The van der Waals surface area contributed by atoms with Crippen LogP contribution >= 0.6 is 11.3 Å². The van der Waals surface area contributed by atoms with Gasteiger partial charge in [-0.05, 0) is 44.5 Å². The maximum absolute atomic E-state index is 12.5. The van der Waals surface area contributed by atoms with Gasteiger partial charge in [0.25, 0.3) is 5.91 Å². The van der Waals surface area contributed by atoms with E-state index in [-0.39, 0.29) is 11.8 Å². The van der Waals surface area contributed by atoms with E-state index in [1.165, 1.54) is 11.3 Å². The van der Waals surface area contributed by atoms with Crippen LogP contribution in [0.2, 0.25) is 0 Å². The van der Waals surface area contributed by atoms with Crippen LogP contribution in [0.15, 0.2) is 36.4 Å². The van der Waals surface area contributed by atoms with E-state index in [4.69, 9.17) is 0 Å². The minimum absolute atomic E-state index is 0.0366. The zero-order valence-electron chi connectivity index (χ0n) is 12.6. The third kappa shape index (κ3) is 2.90. The molecular weight excluding hydrogens is 296 g/mol. The molecule has 3 rings (SSSR count). The molecule has 1 aliphatic heterocycles. The third-order valence-electron chi connectivity index (χ3n) is 3.82. The van der Waals surface area contributed by atoms with Gasteiger partial charge >= 0.3 is 0 Å². The summed E-state index contributed by atoms with van der Waals surface area (Å²) in [5.74, 6) is -0.201. The minimum Gasteiger partial charge on any atom is -0.339 e. The van der Waals surface area contributed by atoms with Gasteiger partial charge in [-0.3, -0.25) is 9.59 Å². The molecule has 1 aromatic carbocycles. The molecule has 0 spiro atoms. The lowest BCUT2D eigenvalue weighted by Crippen LogP contribution is -2.41. The van der Waals surface area contributed by atoms with Crippen molar-refractivity contribution in [1.29, 1.82) is 0 Å². The average Bonchev–Trinajstić information content (AvgIpc) is 3.08. The molecular formula is C17H18N2O2S. The van der Waals surface area contributed by atoms with Gasteiger partial charge in [0.05, 0.1) is 4.88 Å². The number of hydrogen-bond donors (Lipinski definition) is 1. The van der Waals surface area contributed by atoms with Crippen molar-refractivity contribution in [1.82, 2.24) is 5.32 Å². The van der Waals surface area contributed by atoms with Crippen molar-refractivity contribution < 1.29 is 9.59 Å². The number of amides is 2. The van der Waals surface area contributed by atoms with Crippen LogP contribution in [0.5, 0.6) is 0 Å². The molecule has 1 aromatic heterocycles. The summed E-state index contributed by atoms with van der Waals surface area (Å²) in [5.41, 5.74) is 2.05. The van der Waals surface area contributed by atoms with E-state index in [1.54, 1.807) is 11.0 Å². The topological polar surface area (TPSA) is 49.4 Å². The maximum Gasteiger partial charge on any atom is 0.262 e. The van der Waals surface area contributed by atoms with Crippen LogP contribution in [0, 0.1) is 13.8 Å². The molecule has 4 nitrogen and oxygen atoms in total. The van der Waals surface area contributed by atoms with E-state index in [2.05, 4.69) is 5.32 Å². The van der Waals surface area contributed by atoms with Crippen molar-refractivity contribution in [3.8, 4) is 0 Å². The number of thiophene rings is 1. The number of hydrogen-bond acceptors (Lipinski definition) is 3. The Morgan fingerprint density at radius 2 is 1.91 bits per heavy atom. The van der Waals surface area contributed by atoms with E-state index >= 15 is 0 Å². The van der Waals surface area contributed by atoms with Crippen molar-refractivity contribution in [3.05, 3.63) is 51.7 Å². The molecule has 1 fully saturated rings. The van der Waals surface area contributed by atoms with Gasteiger partial charge in [0, 0.05) is 17.1 Å². The van der Waals surface area contributed by atoms with Gasteiger partial charge in [-0.15, -0.1) is 11.3 Å². The van der Waals surface area contributed by atoms with Gasteiger partial charge in [-0.25, -0.2) is 0 Å². The summed E-state index contributed by atoms with van der Waals surface area (Å²) in [5, 5.41) is 2.85. The van der Waals surface area contributed by atoms with E-state index in [0.29, 0.717) is 17.8 Å². The molecule has 22 heavy (non-hydrogen) atoms. The fourth-order valence-corrected chi connectivity index (χ4v) is 3.35. The number of rotatable bonds is 3. The molecule has 2 heterocycles. The molecule has 2 amide bonds. The summed E-state index contributed by atoms with van der Waals surface area (Å²) in [6.07, 6.45) is 0.642. The first-order valence-corrected chi connectivity index (χ1v) is 8.11. The van der Waals surface area contributed by atoms with Crippen molar-refractivity contribution in [2.75, 3.05) is 11.4 Å². The van der Waals surface area contributed by atoms with Crippen LogP contribution in [0.25, 0.3) is 0 Å². The molecule has 0 aliphatic carbocycles. The van der Waals surface area contributed by atoms with E-state index in [0.717, 1.165) is 16.1 Å². The Hall–Kier alpha value is -2.14. The third-order valence-corrected chi connectivity index (χ3v) is 4.82. The van der Waals surface area contributed by atoms with Crippen molar-refractivity contribution in [2.24, 2.45) is 0 Å². The Kier molecular flexibility index (Phi) is 3.98. The molecule has 2 aromatic rings. The Bertz CT molecular complexity index is 706. The summed E-state index contributed by atoms with van der Waals surface area (Å²) in [6, 6.07) is 11.1. The smallest absolute Gasteiger partial charge is 0.262 e. The van der Waals surface area contributed by atoms with Gasteiger partial charge in [-0.1, -0.05) is 17.7 Å². The van der Waals surface area contributed by atoms with Crippen LogP contribution < -0.4 is 10.2 Å². The molecule has 1 saturated heterocycles. The number of nitrogens with one attached hydrogen (secondary N) is 1. The zero-order valence-corrected chi connectivity index (χ0v) is 13.4. The van der Waals surface area contributed by atoms with Crippen LogP contribution in [-0.4, -0.2) is 24.4 Å². The Balaban J connectivity index is 1.68. The van der Waals surface area contributed by atoms with E-state index in [1.807, 2.05) is 44.2 Å². The van der Waals surface area contributed by atoms with Crippen molar-refractivity contribution in [2.45, 2.75) is 26.3 Å². The summed E-state index contributed by atoms with van der Waals surface area (Å²) in [6.45, 7) is 4.61. The summed E-state index contributed by atoms with van der Waals surface area (Å²) in [7, 11) is 0. The number of carbonyl (C=O) groups excluding carboxylic acids is 2. The van der Waals surface area contributed by atoms with Crippen molar-refractivity contribution in [3.63, 3.8) is 0 Å². The molecule has 114 valence electrons. The summed E-state index contributed by atoms with van der Waals surface area (Å²) in [4.78, 5) is 28.1. The Labute approximate surface area is 133 Å². The first kappa shape index (κ1) is 14.8. The van der Waals surface area contributed by atoms with Crippen LogP contribution in [0.4, 0.5) is 5.69 Å². The second kappa shape index (κ2) is 5.93. The molecule has 5 heteroatoms. The highest BCUT2D eigenvalue weighted by molar-refractivity contribution is 7.13. The van der Waals surface area contributed by atoms with E-state index in [9.17, 15) is 9.59 Å². The van der Waals surface area contributed by atoms with Gasteiger partial charge < -0.3 is 10.2 Å². The first-order valence-electron chi connectivity index (χ1n) is 7.30. The lowest BCUT2D eigenvalue weighted by molar-refractivity contribution is -0.118. The monoisotopic (exact) mass is 314 g/mol. The highest BCUT2D eigenvalue weighted by atomic mass is 32.1. The number of benzene rings is 1. The number of nitrogens with zero attached hydrogens (tertiary/aromatic N) is 1. The zero-order chi connectivity index (χ0) is 15.7. The van der Waals surface area contributed by atoms with Gasteiger partial charge in [0.1, 0.15) is 6.04 Å². The second-order valence-corrected chi connectivity index (χ2v) is 6.84. The number of anilines is 1. The fourth-order valence-electron chi connectivity index (χ4n) is 2.58. The van der Waals surface area contributed by atoms with Crippen LogP contribution in [-0.2, 0) is 4.79 Å². The number of aryl methyl sites for hydroxylation is 2. The van der Waals surface area contributed by atoms with Gasteiger partial charge in [0.2, 0.25) is 5.91 Å². The lowest BCUT2D eigenvalue weighted by atomic mass is 10.2. The SMILES string of the molecule is Cc1ccc(N2CCC(NC(=O)c3ccc(C)s3)C2=O)cc1. The van der Waals surface area contributed by atoms with E-state index < -0.39 is 6.04 Å². The first-order chi connectivity index (χ1) is 10.5. The Morgan fingerprint density at radius 1 is 1.18 bits per heavy atom. The fraction of sp³-hybridized carbons (Fsp3) is 0.294. The van der Waals surface area contributed by atoms with Crippen molar-refractivity contribution >= 4 is 28.8 Å². The molecule has 0 radical (unpaired) electrons. The minimum atomic E-state index is -0.434. The quantitative estimate of drug-likeness (QED) is 0.947. The normalized spacial score (nSPS) is 17.8. The maximum atomic E-state index is 12.5. The highest BCUT2D eigenvalue weighted by Crippen LogP contribution is 2.23. The van der Waals surface area contributed by atoms with Crippen LogP contribution in [0.1, 0.15) is 26.5 Å². The molecule has 0 saturated carbocycles. The standard InChI is InChI=1S/C17H18N2O2S/c1-11-3-6-13(7-4-11)19-10-9-14(17(19)21)18-16(20)15-8-5-12(2)22-15/h3-8,14H,9-10H2,1-2H3,(H,18,20). The average molecular weight is 314 g/mol. The van der Waals surface area contributed by atoms with Gasteiger partial charge in [0.15, 0.2) is 0 Å². The molecule has 1 atom stereocenters.